The smallest absolute Gasteiger partial charge is 0.338 e. The minimum Gasteiger partial charge on any atom is -0.460 e. The van der Waals surface area contributed by atoms with Crippen LogP contribution in [-0.4, -0.2) is 171 Å². The van der Waals surface area contributed by atoms with Gasteiger partial charge in [-0.25, -0.2) is 4.79 Å². The number of hydrogen-bond acceptors (Lipinski definition) is 14. The molecule has 0 unspecified atom stereocenters. The third kappa shape index (κ3) is 44.3. The van der Waals surface area contributed by atoms with E-state index in [4.69, 9.17) is 61.6 Å². The molecule has 14 nitrogen and oxygen atoms in total. The van der Waals surface area contributed by atoms with Crippen molar-refractivity contribution in [3.8, 4) is 0 Å². The summed E-state index contributed by atoms with van der Waals surface area (Å²) in [5, 5.41) is 0. The van der Waals surface area contributed by atoms with E-state index in [1.165, 1.54) is 77.0 Å². The minimum atomic E-state index is -0.356. The summed E-state index contributed by atoms with van der Waals surface area (Å²) in [4.78, 5) is 11.8. The Morgan fingerprint density at radius 1 is 0.300 bits per heavy atom. The lowest BCUT2D eigenvalue weighted by Crippen LogP contribution is -2.15. The van der Waals surface area contributed by atoms with E-state index in [0.717, 1.165) is 13.0 Å². The molecule has 352 valence electrons. The molecule has 0 heterocycles. The van der Waals surface area contributed by atoms with Gasteiger partial charge in [0.1, 0.15) is 6.61 Å². The second-order valence-corrected chi connectivity index (χ2v) is 14.1. The second-order valence-electron chi connectivity index (χ2n) is 14.1. The van der Waals surface area contributed by atoms with Gasteiger partial charge in [0, 0.05) is 6.61 Å². The molecule has 14 heteroatoms. The largest absolute Gasteiger partial charge is 0.460 e. The van der Waals surface area contributed by atoms with Gasteiger partial charge in [-0.15, -0.1) is 0 Å². The van der Waals surface area contributed by atoms with Crippen molar-refractivity contribution in [2.24, 2.45) is 0 Å². The maximum Gasteiger partial charge on any atom is 0.338 e. The normalized spacial score (nSPS) is 11.5. The number of carbonyl (C=O) groups excluding carboxylic acids is 1. The lowest BCUT2D eigenvalue weighted by atomic mass is 10.0. The average molecular weight is 861 g/mol. The van der Waals surface area contributed by atoms with E-state index in [2.05, 4.69) is 6.92 Å². The highest BCUT2D eigenvalue weighted by atomic mass is 16.6. The Bertz CT molecular complexity index is 960. The van der Waals surface area contributed by atoms with Crippen LogP contribution in [0.1, 0.15) is 101 Å². The maximum absolute atomic E-state index is 11.8. The number of hydrogen-bond donors (Lipinski definition) is 0. The minimum absolute atomic E-state index is 0.201. The average Bonchev–Trinajstić information content (AvgIpc) is 3.27. The summed E-state index contributed by atoms with van der Waals surface area (Å²) in [6, 6.07) is 8.86. The summed E-state index contributed by atoms with van der Waals surface area (Å²) in [5.74, 6) is -0.356. The van der Waals surface area contributed by atoms with Crippen molar-refractivity contribution < 1.29 is 66.4 Å². The van der Waals surface area contributed by atoms with Crippen LogP contribution in [0.15, 0.2) is 30.3 Å². The zero-order valence-corrected chi connectivity index (χ0v) is 37.5. The van der Waals surface area contributed by atoms with E-state index in [-0.39, 0.29) is 12.6 Å². The molecule has 0 fully saturated rings. The van der Waals surface area contributed by atoms with Gasteiger partial charge in [0.2, 0.25) is 0 Å². The number of rotatable bonds is 51. The Morgan fingerprint density at radius 3 is 0.817 bits per heavy atom. The molecule has 0 aliphatic rings. The van der Waals surface area contributed by atoms with Gasteiger partial charge in [-0.3, -0.25) is 0 Å². The molecule has 0 atom stereocenters. The van der Waals surface area contributed by atoms with Crippen molar-refractivity contribution >= 4 is 5.97 Å². The monoisotopic (exact) mass is 861 g/mol. The first-order valence-corrected chi connectivity index (χ1v) is 23.0. The van der Waals surface area contributed by atoms with Crippen molar-refractivity contribution in [1.29, 1.82) is 0 Å². The number of carbonyl (C=O) groups is 1. The first kappa shape index (κ1) is 56.2. The van der Waals surface area contributed by atoms with E-state index < -0.39 is 0 Å². The third-order valence-corrected chi connectivity index (χ3v) is 8.95. The van der Waals surface area contributed by atoms with Gasteiger partial charge in [0.05, 0.1) is 158 Å². The zero-order valence-electron chi connectivity index (χ0n) is 37.5. The maximum atomic E-state index is 11.8. The van der Waals surface area contributed by atoms with Crippen molar-refractivity contribution in [2.45, 2.75) is 90.4 Å². The highest BCUT2D eigenvalue weighted by Gasteiger charge is 2.05. The summed E-state index contributed by atoms with van der Waals surface area (Å²) in [6.45, 7) is 14.9. The molecular formula is C46H84O14. The Kier molecular flexibility index (Phi) is 46.7. The summed E-state index contributed by atoms with van der Waals surface area (Å²) in [7, 11) is 0. The Morgan fingerprint density at radius 2 is 0.533 bits per heavy atom. The first-order valence-electron chi connectivity index (χ1n) is 23.0. The molecule has 0 aliphatic heterocycles. The highest BCUT2D eigenvalue weighted by molar-refractivity contribution is 5.89. The molecule has 0 spiro atoms. The van der Waals surface area contributed by atoms with Crippen LogP contribution < -0.4 is 0 Å². The van der Waals surface area contributed by atoms with Crippen LogP contribution in [0.5, 0.6) is 0 Å². The van der Waals surface area contributed by atoms with Gasteiger partial charge in [-0.2, -0.15) is 0 Å². The van der Waals surface area contributed by atoms with Gasteiger partial charge in [-0.1, -0.05) is 102 Å². The quantitative estimate of drug-likeness (QED) is 0.0485. The molecular weight excluding hydrogens is 776 g/mol. The second kappa shape index (κ2) is 49.9. The van der Waals surface area contributed by atoms with Gasteiger partial charge >= 0.3 is 5.97 Å². The number of esters is 1. The van der Waals surface area contributed by atoms with Crippen LogP contribution in [0.2, 0.25) is 0 Å². The van der Waals surface area contributed by atoms with Gasteiger partial charge < -0.3 is 61.6 Å². The SMILES string of the molecule is CCCCCCCCCCCCCCCOCCOCCOCCOCCOCCOCCOCCOCCOCCOCCOCCOCCOC(=O)c1ccccc1. The van der Waals surface area contributed by atoms with Crippen LogP contribution in [-0.2, 0) is 61.6 Å². The summed E-state index contributed by atoms with van der Waals surface area (Å²) >= 11 is 0. The van der Waals surface area contributed by atoms with E-state index >= 15 is 0 Å². The Labute approximate surface area is 363 Å². The predicted molar refractivity (Wildman–Crippen MR) is 232 cm³/mol. The van der Waals surface area contributed by atoms with Gasteiger partial charge in [0.15, 0.2) is 0 Å². The van der Waals surface area contributed by atoms with Crippen LogP contribution in [0, 0.1) is 0 Å². The van der Waals surface area contributed by atoms with Gasteiger partial charge in [-0.05, 0) is 18.6 Å². The summed E-state index contributed by atoms with van der Waals surface area (Å²) in [6.07, 6.45) is 17.7. The molecule has 1 rings (SSSR count). The van der Waals surface area contributed by atoms with Crippen molar-refractivity contribution in [3.63, 3.8) is 0 Å². The molecule has 0 saturated carbocycles. The van der Waals surface area contributed by atoms with Crippen molar-refractivity contribution in [1.82, 2.24) is 0 Å². The predicted octanol–water partition coefficient (Wildman–Crippen LogP) is 7.13. The molecule has 0 aliphatic carbocycles. The zero-order chi connectivity index (χ0) is 42.8. The number of unbranched alkanes of at least 4 members (excludes halogenated alkanes) is 12. The molecule has 60 heavy (non-hydrogen) atoms. The summed E-state index contributed by atoms with van der Waals surface area (Å²) < 4.78 is 71.4. The molecule has 0 radical (unpaired) electrons. The van der Waals surface area contributed by atoms with Crippen LogP contribution >= 0.6 is 0 Å². The van der Waals surface area contributed by atoms with Gasteiger partial charge in [0.25, 0.3) is 0 Å². The molecule has 0 amide bonds. The van der Waals surface area contributed by atoms with E-state index in [1.54, 1.807) is 24.3 Å². The number of benzene rings is 1. The lowest BCUT2D eigenvalue weighted by molar-refractivity contribution is -0.0288. The Hall–Kier alpha value is -1.79. The standard InChI is InChI=1S/C46H84O14/c1-2-3-4-5-6-7-8-9-10-11-12-13-17-20-48-21-22-49-23-24-50-25-26-51-27-28-52-29-30-53-31-32-54-33-34-55-35-36-56-37-38-57-39-40-58-41-42-59-43-44-60-46(47)45-18-15-14-16-19-45/h14-16,18-19H,2-13,17,20-44H2,1H3. The molecule has 0 N–H and O–H groups in total. The third-order valence-electron chi connectivity index (χ3n) is 8.95. The molecule has 1 aromatic carbocycles. The van der Waals surface area contributed by atoms with Crippen molar-refractivity contribution in [2.75, 3.05) is 165 Å². The van der Waals surface area contributed by atoms with Crippen LogP contribution in [0.3, 0.4) is 0 Å². The summed E-state index contributed by atoms with van der Waals surface area (Å²) in [5.41, 5.74) is 0.526. The van der Waals surface area contributed by atoms with E-state index in [1.807, 2.05) is 6.07 Å². The molecule has 0 saturated heterocycles. The molecule has 0 bridgehead atoms. The molecule has 1 aromatic rings. The van der Waals surface area contributed by atoms with Crippen LogP contribution in [0.25, 0.3) is 0 Å². The topological polar surface area (TPSA) is 137 Å². The van der Waals surface area contributed by atoms with Crippen molar-refractivity contribution in [3.05, 3.63) is 35.9 Å². The number of ether oxygens (including phenoxy) is 13. The molecule has 0 aromatic heterocycles. The fourth-order valence-electron chi connectivity index (χ4n) is 5.59. The fourth-order valence-corrected chi connectivity index (χ4v) is 5.59. The Balaban J connectivity index is 1.60. The first-order chi connectivity index (χ1) is 29.8. The van der Waals surface area contributed by atoms with E-state index in [9.17, 15) is 4.79 Å². The van der Waals surface area contributed by atoms with E-state index in [0.29, 0.717) is 158 Å². The fraction of sp³-hybridized carbons (Fsp3) is 0.848. The lowest BCUT2D eigenvalue weighted by Gasteiger charge is -2.09. The van der Waals surface area contributed by atoms with Crippen LogP contribution in [0.4, 0.5) is 0 Å². The highest BCUT2D eigenvalue weighted by Crippen LogP contribution is 2.12.